The average molecular weight is 413 g/mol. The van der Waals surface area contributed by atoms with Crippen LogP contribution < -0.4 is 15.0 Å². The summed E-state index contributed by atoms with van der Waals surface area (Å²) in [4.78, 5) is 26.7. The normalized spacial score (nSPS) is 16.1. The van der Waals surface area contributed by atoms with E-state index in [9.17, 15) is 9.59 Å². The summed E-state index contributed by atoms with van der Waals surface area (Å²) in [5.74, 6) is -0.329. The van der Waals surface area contributed by atoms with Crippen molar-refractivity contribution < 1.29 is 14.3 Å². The molecule has 1 atom stereocenters. The van der Waals surface area contributed by atoms with E-state index in [0.29, 0.717) is 22.1 Å². The van der Waals surface area contributed by atoms with E-state index in [2.05, 4.69) is 20.8 Å². The van der Waals surface area contributed by atoms with Crippen LogP contribution in [0.25, 0.3) is 5.69 Å². The number of methoxy groups -OCH3 is 1. The smallest absolute Gasteiger partial charge is 0.229 e. The van der Waals surface area contributed by atoms with E-state index in [-0.39, 0.29) is 24.8 Å². The monoisotopic (exact) mass is 412 g/mol. The second kappa shape index (κ2) is 7.88. The van der Waals surface area contributed by atoms with Crippen molar-refractivity contribution in [3.05, 3.63) is 53.8 Å². The quantitative estimate of drug-likeness (QED) is 0.690. The molecule has 148 valence electrons. The van der Waals surface area contributed by atoms with Gasteiger partial charge < -0.3 is 15.0 Å². The van der Waals surface area contributed by atoms with Crippen LogP contribution in [0, 0.1) is 5.92 Å². The summed E-state index contributed by atoms with van der Waals surface area (Å²) >= 11 is 6.07. The van der Waals surface area contributed by atoms with Gasteiger partial charge in [-0.1, -0.05) is 11.6 Å². The predicted octanol–water partition coefficient (Wildman–Crippen LogP) is 2.32. The standard InChI is InChI=1S/C19H17ClN6O3/c1-29-17-7-2-13(20)9-16(17)25-10-12(8-18(25)27)19(28)22-14-3-5-15(6-4-14)26-11-21-23-24-26/h2-7,9,11-12H,8,10H2,1H3,(H,22,28)/t12-/m0/s1. The number of hydrogen-bond donors (Lipinski definition) is 1. The largest absolute Gasteiger partial charge is 0.495 e. The molecular formula is C19H17ClN6O3. The summed E-state index contributed by atoms with van der Waals surface area (Å²) in [6.45, 7) is 0.254. The Hall–Kier alpha value is -3.46. The molecule has 2 amide bonds. The molecule has 1 N–H and O–H groups in total. The van der Waals surface area contributed by atoms with Gasteiger partial charge in [-0.05, 0) is 52.9 Å². The highest BCUT2D eigenvalue weighted by Crippen LogP contribution is 2.35. The molecule has 29 heavy (non-hydrogen) atoms. The maximum absolute atomic E-state index is 12.7. The molecule has 2 aromatic carbocycles. The first-order chi connectivity index (χ1) is 14.0. The number of nitrogens with one attached hydrogen (secondary N) is 1. The van der Waals surface area contributed by atoms with Crippen molar-refractivity contribution in [2.24, 2.45) is 5.92 Å². The molecular weight excluding hydrogens is 396 g/mol. The Bertz CT molecular complexity index is 1040. The lowest BCUT2D eigenvalue weighted by Gasteiger charge is -2.20. The van der Waals surface area contributed by atoms with E-state index in [0.717, 1.165) is 5.69 Å². The number of amides is 2. The lowest BCUT2D eigenvalue weighted by molar-refractivity contribution is -0.122. The van der Waals surface area contributed by atoms with E-state index in [1.807, 2.05) is 0 Å². The van der Waals surface area contributed by atoms with Crippen molar-refractivity contribution in [3.8, 4) is 11.4 Å². The number of tetrazole rings is 1. The molecule has 1 aromatic heterocycles. The number of ether oxygens (including phenoxy) is 1. The van der Waals surface area contributed by atoms with E-state index in [1.54, 1.807) is 42.5 Å². The number of rotatable bonds is 5. The third kappa shape index (κ3) is 3.90. The Morgan fingerprint density at radius 1 is 1.24 bits per heavy atom. The molecule has 1 aliphatic rings. The molecule has 1 fully saturated rings. The zero-order valence-electron chi connectivity index (χ0n) is 15.4. The first-order valence-electron chi connectivity index (χ1n) is 8.83. The maximum atomic E-state index is 12.7. The molecule has 0 saturated carbocycles. The van der Waals surface area contributed by atoms with Crippen LogP contribution in [0.4, 0.5) is 11.4 Å². The van der Waals surface area contributed by atoms with E-state index in [4.69, 9.17) is 16.3 Å². The van der Waals surface area contributed by atoms with Crippen LogP contribution in [-0.4, -0.2) is 45.7 Å². The zero-order chi connectivity index (χ0) is 20.4. The van der Waals surface area contributed by atoms with Crippen molar-refractivity contribution in [3.63, 3.8) is 0 Å². The third-order valence-electron chi connectivity index (χ3n) is 4.68. The summed E-state index contributed by atoms with van der Waals surface area (Å²) < 4.78 is 6.84. The maximum Gasteiger partial charge on any atom is 0.229 e. The van der Waals surface area contributed by atoms with Crippen LogP contribution in [0.3, 0.4) is 0 Å². The van der Waals surface area contributed by atoms with E-state index < -0.39 is 5.92 Å². The summed E-state index contributed by atoms with van der Waals surface area (Å²) in [5.41, 5.74) is 1.95. The topological polar surface area (TPSA) is 102 Å². The number of nitrogens with zero attached hydrogens (tertiary/aromatic N) is 5. The highest BCUT2D eigenvalue weighted by molar-refractivity contribution is 6.31. The summed E-state index contributed by atoms with van der Waals surface area (Å²) in [5, 5.41) is 14.3. The molecule has 0 unspecified atom stereocenters. The molecule has 1 aliphatic heterocycles. The average Bonchev–Trinajstić information content (AvgIpc) is 3.38. The zero-order valence-corrected chi connectivity index (χ0v) is 16.2. The van der Waals surface area contributed by atoms with Crippen LogP contribution in [0.5, 0.6) is 5.75 Å². The van der Waals surface area contributed by atoms with Crippen molar-refractivity contribution >= 4 is 34.8 Å². The SMILES string of the molecule is COc1ccc(Cl)cc1N1C[C@@H](C(=O)Nc2ccc(-n3cnnn3)cc2)CC1=O. The van der Waals surface area contributed by atoms with Crippen LogP contribution in [0.1, 0.15) is 6.42 Å². The molecule has 3 aromatic rings. The summed E-state index contributed by atoms with van der Waals surface area (Å²) in [6, 6.07) is 12.1. The van der Waals surface area contributed by atoms with Crippen LogP contribution >= 0.6 is 11.6 Å². The molecule has 0 bridgehead atoms. The predicted molar refractivity (Wildman–Crippen MR) is 106 cm³/mol. The molecule has 10 heteroatoms. The number of halogens is 1. The van der Waals surface area contributed by atoms with Crippen molar-refractivity contribution in [2.45, 2.75) is 6.42 Å². The minimum atomic E-state index is -0.481. The lowest BCUT2D eigenvalue weighted by Crippen LogP contribution is -2.28. The lowest BCUT2D eigenvalue weighted by atomic mass is 10.1. The van der Waals surface area contributed by atoms with Crippen LogP contribution in [0.15, 0.2) is 48.8 Å². The first kappa shape index (κ1) is 18.9. The van der Waals surface area contributed by atoms with Crippen molar-refractivity contribution in [1.82, 2.24) is 20.2 Å². The van der Waals surface area contributed by atoms with Gasteiger partial charge >= 0.3 is 0 Å². The van der Waals surface area contributed by atoms with Gasteiger partial charge in [0.15, 0.2) is 0 Å². The Morgan fingerprint density at radius 3 is 2.72 bits per heavy atom. The number of hydrogen-bond acceptors (Lipinski definition) is 6. The van der Waals surface area contributed by atoms with E-state index in [1.165, 1.54) is 23.0 Å². The Balaban J connectivity index is 1.45. The molecule has 0 radical (unpaired) electrons. The highest BCUT2D eigenvalue weighted by Gasteiger charge is 2.36. The fourth-order valence-electron chi connectivity index (χ4n) is 3.21. The van der Waals surface area contributed by atoms with Gasteiger partial charge in [0, 0.05) is 23.7 Å². The molecule has 0 aliphatic carbocycles. The molecule has 1 saturated heterocycles. The molecule has 4 rings (SSSR count). The van der Waals surface area contributed by atoms with Gasteiger partial charge in [0.1, 0.15) is 12.1 Å². The third-order valence-corrected chi connectivity index (χ3v) is 4.91. The first-order valence-corrected chi connectivity index (χ1v) is 9.21. The number of aromatic nitrogens is 4. The highest BCUT2D eigenvalue weighted by atomic mass is 35.5. The van der Waals surface area contributed by atoms with Gasteiger partial charge in [0.05, 0.1) is 24.4 Å². The number of benzene rings is 2. The van der Waals surface area contributed by atoms with Gasteiger partial charge in [-0.15, -0.1) is 5.10 Å². The van der Waals surface area contributed by atoms with E-state index >= 15 is 0 Å². The van der Waals surface area contributed by atoms with Gasteiger partial charge in [0.25, 0.3) is 0 Å². The number of anilines is 2. The minimum absolute atomic E-state index is 0.115. The van der Waals surface area contributed by atoms with Gasteiger partial charge in [-0.2, -0.15) is 0 Å². The molecule has 9 nitrogen and oxygen atoms in total. The molecule has 2 heterocycles. The number of carbonyl (C=O) groups is 2. The fraction of sp³-hybridized carbons (Fsp3) is 0.211. The second-order valence-electron chi connectivity index (χ2n) is 6.51. The second-order valence-corrected chi connectivity index (χ2v) is 6.95. The Kier molecular flexibility index (Phi) is 5.13. The Labute approximate surface area is 171 Å². The van der Waals surface area contributed by atoms with Crippen molar-refractivity contribution in [1.29, 1.82) is 0 Å². The van der Waals surface area contributed by atoms with Crippen molar-refractivity contribution in [2.75, 3.05) is 23.9 Å². The Morgan fingerprint density at radius 2 is 2.03 bits per heavy atom. The van der Waals surface area contributed by atoms with Crippen LogP contribution in [0.2, 0.25) is 5.02 Å². The molecule has 0 spiro atoms. The minimum Gasteiger partial charge on any atom is -0.495 e. The number of carbonyl (C=O) groups excluding carboxylic acids is 2. The van der Waals surface area contributed by atoms with Gasteiger partial charge in [-0.3, -0.25) is 9.59 Å². The van der Waals surface area contributed by atoms with Gasteiger partial charge in [-0.25, -0.2) is 4.68 Å². The summed E-state index contributed by atoms with van der Waals surface area (Å²) in [7, 11) is 1.52. The fourth-order valence-corrected chi connectivity index (χ4v) is 3.38. The summed E-state index contributed by atoms with van der Waals surface area (Å²) in [6.07, 6.45) is 1.60. The van der Waals surface area contributed by atoms with Gasteiger partial charge in [0.2, 0.25) is 11.8 Å². The van der Waals surface area contributed by atoms with Crippen LogP contribution in [-0.2, 0) is 9.59 Å².